The summed E-state index contributed by atoms with van der Waals surface area (Å²) in [6, 6.07) is 4.39. The zero-order chi connectivity index (χ0) is 18.1. The minimum atomic E-state index is -0.994. The molecule has 0 bridgehead atoms. The molecule has 1 fully saturated rings. The normalized spacial score (nSPS) is 19.6. The first-order valence-corrected chi connectivity index (χ1v) is 8.36. The zero-order valence-electron chi connectivity index (χ0n) is 14.3. The number of hydrogen-bond donors (Lipinski definition) is 2. The van der Waals surface area contributed by atoms with Gasteiger partial charge in [0, 0.05) is 11.3 Å². The molecule has 24 heavy (non-hydrogen) atoms. The maximum atomic E-state index is 14.2. The summed E-state index contributed by atoms with van der Waals surface area (Å²) >= 11 is 4.31. The molecule has 0 unspecified atom stereocenters. The lowest BCUT2D eigenvalue weighted by Gasteiger charge is -2.32. The number of carboxylic acid groups (broad SMARTS) is 1. The molecule has 0 saturated carbocycles. The van der Waals surface area contributed by atoms with E-state index in [9.17, 15) is 9.18 Å². The summed E-state index contributed by atoms with van der Waals surface area (Å²) in [5, 5.41) is 8.77. The first kappa shape index (κ1) is 19.0. The summed E-state index contributed by atoms with van der Waals surface area (Å²) in [5.41, 5.74) is 0.512. The van der Waals surface area contributed by atoms with E-state index in [1.807, 2.05) is 27.7 Å². The van der Waals surface area contributed by atoms with Gasteiger partial charge in [-0.05, 0) is 44.8 Å². The van der Waals surface area contributed by atoms with Crippen molar-refractivity contribution in [3.05, 3.63) is 40.6 Å². The van der Waals surface area contributed by atoms with Crippen LogP contribution in [0.2, 0.25) is 0 Å². The number of carboxylic acids is 1. The van der Waals surface area contributed by atoms with Gasteiger partial charge in [0.2, 0.25) is 0 Å². The fraction of sp³-hybridized carbons (Fsp3) is 0.471. The van der Waals surface area contributed by atoms with Crippen LogP contribution in [0.1, 0.15) is 38.8 Å². The molecule has 1 aliphatic rings. The summed E-state index contributed by atoms with van der Waals surface area (Å²) in [4.78, 5) is 10.7. The Bertz CT molecular complexity index is 657. The second kappa shape index (κ2) is 6.90. The van der Waals surface area contributed by atoms with E-state index in [0.717, 1.165) is 0 Å². The third-order valence-electron chi connectivity index (χ3n) is 4.50. The van der Waals surface area contributed by atoms with Crippen LogP contribution in [0.4, 0.5) is 4.39 Å². The maximum absolute atomic E-state index is 14.2. The van der Waals surface area contributed by atoms with Crippen LogP contribution in [0.25, 0.3) is 6.08 Å². The molecule has 130 valence electrons. The highest BCUT2D eigenvalue weighted by Crippen LogP contribution is 2.39. The fourth-order valence-electron chi connectivity index (χ4n) is 2.35. The fourth-order valence-corrected chi connectivity index (χ4v) is 2.60. The van der Waals surface area contributed by atoms with Crippen LogP contribution in [-0.4, -0.2) is 35.1 Å². The van der Waals surface area contributed by atoms with Gasteiger partial charge in [-0.2, -0.15) is 12.6 Å². The van der Waals surface area contributed by atoms with Gasteiger partial charge in [0.15, 0.2) is 0 Å². The molecule has 1 aromatic carbocycles. The quantitative estimate of drug-likeness (QED) is 0.630. The van der Waals surface area contributed by atoms with Crippen molar-refractivity contribution in [2.45, 2.75) is 45.3 Å². The van der Waals surface area contributed by atoms with Crippen LogP contribution >= 0.6 is 12.6 Å². The highest BCUT2D eigenvalue weighted by atomic mass is 32.1. The van der Waals surface area contributed by atoms with E-state index < -0.39 is 30.1 Å². The average Bonchev–Trinajstić information content (AvgIpc) is 2.65. The Kier molecular flexibility index (Phi) is 5.47. The summed E-state index contributed by atoms with van der Waals surface area (Å²) in [6.45, 7) is 7.80. The van der Waals surface area contributed by atoms with Crippen molar-refractivity contribution in [3.8, 4) is 0 Å². The summed E-state index contributed by atoms with van der Waals surface area (Å²) in [7, 11) is -0.592. The summed E-state index contributed by atoms with van der Waals surface area (Å²) in [5.74, 6) is -1.12. The third kappa shape index (κ3) is 4.02. The maximum Gasteiger partial charge on any atom is 0.491 e. The lowest BCUT2D eigenvalue weighted by atomic mass is 9.78. The smallest absolute Gasteiger partial charge is 0.481 e. The van der Waals surface area contributed by atoms with Crippen molar-refractivity contribution in [2.75, 3.05) is 5.75 Å². The molecule has 0 aliphatic carbocycles. The number of halogens is 1. The molecule has 0 amide bonds. The lowest BCUT2D eigenvalue weighted by Crippen LogP contribution is -2.41. The van der Waals surface area contributed by atoms with Gasteiger partial charge >= 0.3 is 13.1 Å². The van der Waals surface area contributed by atoms with Gasteiger partial charge in [-0.15, -0.1) is 0 Å². The van der Waals surface area contributed by atoms with Crippen LogP contribution in [0.15, 0.2) is 23.7 Å². The van der Waals surface area contributed by atoms with Crippen LogP contribution in [0.3, 0.4) is 0 Å². The topological polar surface area (TPSA) is 55.8 Å². The number of hydrogen-bond acceptors (Lipinski definition) is 4. The van der Waals surface area contributed by atoms with E-state index in [2.05, 4.69) is 12.6 Å². The molecular formula is C17H22BFO4S. The van der Waals surface area contributed by atoms with Crippen molar-refractivity contribution < 1.29 is 23.6 Å². The molecule has 1 saturated heterocycles. The zero-order valence-corrected chi connectivity index (χ0v) is 15.2. The Labute approximate surface area is 147 Å². The Morgan fingerprint density at radius 2 is 1.88 bits per heavy atom. The van der Waals surface area contributed by atoms with E-state index in [1.54, 1.807) is 18.2 Å². The first-order chi connectivity index (χ1) is 11.1. The van der Waals surface area contributed by atoms with Crippen LogP contribution in [0.5, 0.6) is 0 Å². The first-order valence-electron chi connectivity index (χ1n) is 7.73. The number of thiol groups is 1. The van der Waals surface area contributed by atoms with Gasteiger partial charge in [0.1, 0.15) is 5.82 Å². The van der Waals surface area contributed by atoms with Gasteiger partial charge in [0.05, 0.1) is 17.6 Å². The van der Waals surface area contributed by atoms with Crippen molar-refractivity contribution in [3.63, 3.8) is 0 Å². The number of carbonyl (C=O) groups is 1. The van der Waals surface area contributed by atoms with Crippen molar-refractivity contribution in [1.82, 2.24) is 0 Å². The molecule has 1 aromatic rings. The van der Waals surface area contributed by atoms with Crippen molar-refractivity contribution in [1.29, 1.82) is 0 Å². The van der Waals surface area contributed by atoms with E-state index in [1.165, 1.54) is 6.07 Å². The SMILES string of the molecule is CC1(C)OB(C(=Cc2ccc(CC(=O)O)cc2F)CS)OC1(C)C. The molecule has 1 N–H and O–H groups in total. The molecule has 4 nitrogen and oxygen atoms in total. The monoisotopic (exact) mass is 352 g/mol. The third-order valence-corrected chi connectivity index (χ3v) is 4.86. The van der Waals surface area contributed by atoms with E-state index >= 15 is 0 Å². The molecule has 0 atom stereocenters. The predicted molar refractivity (Wildman–Crippen MR) is 95.7 cm³/mol. The predicted octanol–water partition coefficient (Wildman–Crippen LogP) is 3.40. The average molecular weight is 352 g/mol. The Morgan fingerprint density at radius 3 is 2.33 bits per heavy atom. The lowest BCUT2D eigenvalue weighted by molar-refractivity contribution is -0.136. The highest BCUT2D eigenvalue weighted by Gasteiger charge is 2.52. The number of rotatable bonds is 5. The minimum absolute atomic E-state index is 0.211. The second-order valence-electron chi connectivity index (χ2n) is 6.89. The van der Waals surface area contributed by atoms with Gasteiger partial charge in [0.25, 0.3) is 0 Å². The van der Waals surface area contributed by atoms with Gasteiger partial charge in [-0.3, -0.25) is 4.79 Å². The van der Waals surface area contributed by atoms with E-state index in [4.69, 9.17) is 14.4 Å². The standard InChI is InChI=1S/C17H22BFO4S/c1-16(2)17(3,4)23-18(22-16)13(10-24)9-12-6-5-11(7-14(12)19)8-15(20)21/h5-7,9,24H,8,10H2,1-4H3,(H,20,21). The highest BCUT2D eigenvalue weighted by molar-refractivity contribution is 7.80. The molecular weight excluding hydrogens is 330 g/mol. The van der Waals surface area contributed by atoms with E-state index in [-0.39, 0.29) is 6.42 Å². The van der Waals surface area contributed by atoms with Gasteiger partial charge in [-0.25, -0.2) is 4.39 Å². The molecule has 0 spiro atoms. The van der Waals surface area contributed by atoms with E-state index in [0.29, 0.717) is 22.4 Å². The summed E-state index contributed by atoms with van der Waals surface area (Å²) in [6.07, 6.45) is 1.44. The molecule has 7 heteroatoms. The molecule has 0 aromatic heterocycles. The molecule has 2 rings (SSSR count). The number of aliphatic carboxylic acids is 1. The van der Waals surface area contributed by atoms with Gasteiger partial charge in [-0.1, -0.05) is 18.2 Å². The molecule has 0 radical (unpaired) electrons. The Hall–Kier alpha value is -1.31. The van der Waals surface area contributed by atoms with Crippen molar-refractivity contribution in [2.24, 2.45) is 0 Å². The molecule has 1 aliphatic heterocycles. The minimum Gasteiger partial charge on any atom is -0.481 e. The molecule has 1 heterocycles. The van der Waals surface area contributed by atoms with Crippen molar-refractivity contribution >= 4 is 31.8 Å². The van der Waals surface area contributed by atoms with Crippen LogP contribution in [-0.2, 0) is 20.5 Å². The van der Waals surface area contributed by atoms with Crippen LogP contribution < -0.4 is 0 Å². The van der Waals surface area contributed by atoms with Crippen LogP contribution in [0, 0.1) is 5.82 Å². The Morgan fingerprint density at radius 1 is 1.29 bits per heavy atom. The second-order valence-corrected chi connectivity index (χ2v) is 7.21. The number of benzene rings is 1. The van der Waals surface area contributed by atoms with Gasteiger partial charge < -0.3 is 14.4 Å². The summed E-state index contributed by atoms with van der Waals surface area (Å²) < 4.78 is 26.2. The Balaban J connectivity index is 2.27. The largest absolute Gasteiger partial charge is 0.491 e.